The van der Waals surface area contributed by atoms with Crippen molar-refractivity contribution in [3.8, 4) is 0 Å². The Morgan fingerprint density at radius 1 is 0.929 bits per heavy atom. The lowest BCUT2D eigenvalue weighted by molar-refractivity contribution is -0.128. The maximum atomic E-state index is 12.8. The largest absolute Gasteiger partial charge is 0.352 e. The molecule has 1 aromatic heterocycles. The molecule has 0 radical (unpaired) electrons. The van der Waals surface area contributed by atoms with Gasteiger partial charge in [0.25, 0.3) is 0 Å². The first kappa shape index (κ1) is 19.5. The van der Waals surface area contributed by atoms with Crippen LogP contribution >= 0.6 is 11.8 Å². The highest BCUT2D eigenvalue weighted by Crippen LogP contribution is 2.30. The Bertz CT molecular complexity index is 814. The predicted octanol–water partition coefficient (Wildman–Crippen LogP) is 2.88. The molecule has 0 N–H and O–H groups in total. The molecule has 0 spiro atoms. The normalized spacial score (nSPS) is 19.0. The maximum absolute atomic E-state index is 12.8. The molecule has 28 heavy (non-hydrogen) atoms. The number of hydrogen-bond donors (Lipinski definition) is 0. The number of aromatic nitrogens is 2. The molecule has 2 aliphatic heterocycles. The number of amides is 1. The number of rotatable bonds is 4. The van der Waals surface area contributed by atoms with Gasteiger partial charge in [-0.3, -0.25) is 4.79 Å². The molecule has 1 aromatic carbocycles. The Labute approximate surface area is 171 Å². The van der Waals surface area contributed by atoms with Crippen LogP contribution in [0.25, 0.3) is 11.0 Å². The number of carbonyl (C=O) groups is 1. The number of hydrogen-bond acceptors (Lipinski definition) is 6. The number of nitrogens with zero attached hydrogens (tertiary/aromatic N) is 5. The van der Waals surface area contributed by atoms with Crippen molar-refractivity contribution in [3.63, 3.8) is 0 Å². The molecule has 0 saturated carbocycles. The van der Waals surface area contributed by atoms with E-state index in [0.29, 0.717) is 5.75 Å². The Kier molecular flexibility index (Phi) is 6.32. The number of thioether (sulfide) groups is 1. The van der Waals surface area contributed by atoms with Crippen molar-refractivity contribution >= 4 is 34.5 Å². The van der Waals surface area contributed by atoms with Gasteiger partial charge in [-0.1, -0.05) is 36.7 Å². The maximum Gasteiger partial charge on any atom is 0.232 e. The van der Waals surface area contributed by atoms with Gasteiger partial charge in [0.2, 0.25) is 5.91 Å². The Morgan fingerprint density at radius 2 is 1.57 bits per heavy atom. The third-order valence-electron chi connectivity index (χ3n) is 5.62. The lowest BCUT2D eigenvalue weighted by atomic mass is 10.2. The van der Waals surface area contributed by atoms with Gasteiger partial charge in [0.05, 0.1) is 16.8 Å². The number of piperazine rings is 1. The molecular weight excluding hydrogens is 370 g/mol. The average molecular weight is 400 g/mol. The molecule has 2 saturated heterocycles. The van der Waals surface area contributed by atoms with Crippen LogP contribution < -0.4 is 4.90 Å². The fourth-order valence-corrected chi connectivity index (χ4v) is 4.75. The molecule has 3 heterocycles. The van der Waals surface area contributed by atoms with Gasteiger partial charge in [-0.25, -0.2) is 9.97 Å². The van der Waals surface area contributed by atoms with Crippen LogP contribution in [0.5, 0.6) is 0 Å². The minimum Gasteiger partial charge on any atom is -0.352 e. The molecule has 7 heteroatoms. The summed E-state index contributed by atoms with van der Waals surface area (Å²) in [6.45, 7) is 5.72. The summed E-state index contributed by atoms with van der Waals surface area (Å²) in [5.41, 5.74) is 1.81. The van der Waals surface area contributed by atoms with E-state index in [1.807, 2.05) is 29.2 Å². The molecule has 0 atom stereocenters. The number of carbonyl (C=O) groups excluding carboxylic acids is 1. The van der Waals surface area contributed by atoms with E-state index >= 15 is 0 Å². The SMILES string of the molecule is CN1CCN(c2nc3ccccc3nc2SCC(=O)N2CCCCCC2)CC1. The molecule has 0 unspecified atom stereocenters. The van der Waals surface area contributed by atoms with Crippen LogP contribution in [-0.4, -0.2) is 77.7 Å². The van der Waals surface area contributed by atoms with Gasteiger partial charge in [-0.2, -0.15) is 0 Å². The second-order valence-electron chi connectivity index (χ2n) is 7.72. The lowest BCUT2D eigenvalue weighted by Crippen LogP contribution is -2.45. The summed E-state index contributed by atoms with van der Waals surface area (Å²) in [6, 6.07) is 8.00. The van der Waals surface area contributed by atoms with E-state index in [1.54, 1.807) is 11.8 Å². The highest BCUT2D eigenvalue weighted by atomic mass is 32.2. The molecule has 150 valence electrons. The first-order valence-corrected chi connectivity index (χ1v) is 11.3. The van der Waals surface area contributed by atoms with E-state index in [-0.39, 0.29) is 5.91 Å². The summed E-state index contributed by atoms with van der Waals surface area (Å²) in [6.07, 6.45) is 4.72. The van der Waals surface area contributed by atoms with Gasteiger partial charge < -0.3 is 14.7 Å². The number of benzene rings is 1. The van der Waals surface area contributed by atoms with Crippen molar-refractivity contribution in [2.24, 2.45) is 0 Å². The van der Waals surface area contributed by atoms with Crippen molar-refractivity contribution in [2.45, 2.75) is 30.7 Å². The van der Waals surface area contributed by atoms with Crippen molar-refractivity contribution in [3.05, 3.63) is 24.3 Å². The van der Waals surface area contributed by atoms with Crippen LogP contribution in [0.1, 0.15) is 25.7 Å². The Balaban J connectivity index is 1.54. The fraction of sp³-hybridized carbons (Fsp3) is 0.571. The lowest BCUT2D eigenvalue weighted by Gasteiger charge is -2.34. The minimum absolute atomic E-state index is 0.228. The molecule has 0 bridgehead atoms. The van der Waals surface area contributed by atoms with Crippen LogP contribution in [0.15, 0.2) is 29.3 Å². The van der Waals surface area contributed by atoms with Crippen LogP contribution in [0, 0.1) is 0 Å². The summed E-state index contributed by atoms with van der Waals surface area (Å²) < 4.78 is 0. The van der Waals surface area contributed by atoms with Crippen molar-refractivity contribution in [2.75, 3.05) is 57.0 Å². The third-order valence-corrected chi connectivity index (χ3v) is 6.55. The molecule has 2 fully saturated rings. The number of likely N-dealkylation sites (N-methyl/N-ethyl adjacent to an activating group) is 1. The van der Waals surface area contributed by atoms with E-state index in [0.717, 1.165) is 74.0 Å². The van der Waals surface area contributed by atoms with E-state index in [2.05, 4.69) is 16.8 Å². The number of anilines is 1. The molecule has 0 aliphatic carbocycles. The second-order valence-corrected chi connectivity index (χ2v) is 8.68. The summed E-state index contributed by atoms with van der Waals surface area (Å²) in [5, 5.41) is 0.881. The first-order valence-electron chi connectivity index (χ1n) is 10.3. The van der Waals surface area contributed by atoms with E-state index in [9.17, 15) is 4.79 Å². The Hall–Kier alpha value is -1.86. The minimum atomic E-state index is 0.228. The second kappa shape index (κ2) is 9.09. The van der Waals surface area contributed by atoms with Gasteiger partial charge in [-0.05, 0) is 32.0 Å². The van der Waals surface area contributed by atoms with Gasteiger partial charge in [-0.15, -0.1) is 0 Å². The summed E-state index contributed by atoms with van der Waals surface area (Å²) in [5.74, 6) is 1.60. The first-order chi connectivity index (χ1) is 13.7. The smallest absolute Gasteiger partial charge is 0.232 e. The molecule has 6 nitrogen and oxygen atoms in total. The Morgan fingerprint density at radius 3 is 2.25 bits per heavy atom. The number of para-hydroxylation sites is 2. The van der Waals surface area contributed by atoms with E-state index in [1.165, 1.54) is 12.8 Å². The molecule has 2 aromatic rings. The quantitative estimate of drug-likeness (QED) is 0.737. The van der Waals surface area contributed by atoms with E-state index < -0.39 is 0 Å². The summed E-state index contributed by atoms with van der Waals surface area (Å²) in [4.78, 5) is 29.2. The molecule has 1 amide bonds. The van der Waals surface area contributed by atoms with Crippen LogP contribution in [0.3, 0.4) is 0 Å². The zero-order valence-corrected chi connectivity index (χ0v) is 17.5. The topological polar surface area (TPSA) is 52.6 Å². The molecular formula is C21H29N5OS. The van der Waals surface area contributed by atoms with Gasteiger partial charge in [0.1, 0.15) is 5.03 Å². The van der Waals surface area contributed by atoms with Gasteiger partial charge >= 0.3 is 0 Å². The highest BCUT2D eigenvalue weighted by molar-refractivity contribution is 8.00. The average Bonchev–Trinajstić information content (AvgIpc) is 3.01. The standard InChI is InChI=1S/C21H29N5OS/c1-24-12-14-26(15-13-24)20-21(23-18-9-5-4-8-17(18)22-20)28-16-19(27)25-10-6-2-3-7-11-25/h4-5,8-9H,2-3,6-7,10-16H2,1H3. The van der Waals surface area contributed by atoms with Crippen molar-refractivity contribution in [1.82, 2.24) is 19.8 Å². The zero-order valence-electron chi connectivity index (χ0n) is 16.6. The fourth-order valence-electron chi connectivity index (χ4n) is 3.84. The van der Waals surface area contributed by atoms with E-state index in [4.69, 9.17) is 9.97 Å². The third kappa shape index (κ3) is 4.58. The van der Waals surface area contributed by atoms with Crippen molar-refractivity contribution < 1.29 is 4.79 Å². The molecule has 2 aliphatic rings. The molecule has 4 rings (SSSR count). The van der Waals surface area contributed by atoms with Gasteiger partial charge in [0.15, 0.2) is 5.82 Å². The monoisotopic (exact) mass is 399 g/mol. The highest BCUT2D eigenvalue weighted by Gasteiger charge is 2.22. The number of likely N-dealkylation sites (tertiary alicyclic amines) is 1. The number of fused-ring (bicyclic) bond motifs is 1. The van der Waals surface area contributed by atoms with Gasteiger partial charge in [0, 0.05) is 39.3 Å². The van der Waals surface area contributed by atoms with Crippen LogP contribution in [0.2, 0.25) is 0 Å². The van der Waals surface area contributed by atoms with Crippen molar-refractivity contribution in [1.29, 1.82) is 0 Å². The van der Waals surface area contributed by atoms with Crippen LogP contribution in [-0.2, 0) is 4.79 Å². The predicted molar refractivity (Wildman–Crippen MR) is 115 cm³/mol. The summed E-state index contributed by atoms with van der Waals surface area (Å²) >= 11 is 1.54. The van der Waals surface area contributed by atoms with Crippen LogP contribution in [0.4, 0.5) is 5.82 Å². The zero-order chi connectivity index (χ0) is 19.3. The summed E-state index contributed by atoms with van der Waals surface area (Å²) in [7, 11) is 2.15.